The average Bonchev–Trinajstić information content (AvgIpc) is 3.56. The predicted octanol–water partition coefficient (Wildman–Crippen LogP) is 5.63. The molecular formula is C27H26ClN3O5S. The zero-order valence-corrected chi connectivity index (χ0v) is 22.1. The first-order valence-corrected chi connectivity index (χ1v) is 13.2. The fourth-order valence-electron chi connectivity index (χ4n) is 4.32. The number of fused-ring (bicyclic) bond motifs is 1. The van der Waals surface area contributed by atoms with Crippen molar-refractivity contribution in [2.75, 3.05) is 25.1 Å². The fourth-order valence-corrected chi connectivity index (χ4v) is 5.50. The minimum Gasteiger partial charge on any atom is -0.495 e. The lowest BCUT2D eigenvalue weighted by atomic mass is 10.2. The summed E-state index contributed by atoms with van der Waals surface area (Å²) in [5.74, 6) is 0.270. The van der Waals surface area contributed by atoms with Crippen LogP contribution >= 0.6 is 22.9 Å². The topological polar surface area (TPSA) is 82.9 Å². The van der Waals surface area contributed by atoms with Gasteiger partial charge >= 0.3 is 5.97 Å². The molecule has 0 aliphatic carbocycles. The van der Waals surface area contributed by atoms with Crippen molar-refractivity contribution < 1.29 is 19.3 Å². The molecule has 10 heteroatoms. The van der Waals surface area contributed by atoms with Gasteiger partial charge in [0.15, 0.2) is 0 Å². The lowest BCUT2D eigenvalue weighted by Gasteiger charge is -2.22. The van der Waals surface area contributed by atoms with Gasteiger partial charge in [-0.25, -0.2) is 9.78 Å². The van der Waals surface area contributed by atoms with Crippen LogP contribution < -0.4 is 15.2 Å². The quantitative estimate of drug-likeness (QED) is 0.212. The largest absolute Gasteiger partial charge is 0.495 e. The van der Waals surface area contributed by atoms with E-state index in [4.69, 9.17) is 26.1 Å². The van der Waals surface area contributed by atoms with Gasteiger partial charge in [0.25, 0.3) is 5.56 Å². The number of hydrogen-bond acceptors (Lipinski definition) is 8. The van der Waals surface area contributed by atoms with Gasteiger partial charge in [-0.2, -0.15) is 4.89 Å². The Morgan fingerprint density at radius 1 is 1.19 bits per heavy atom. The van der Waals surface area contributed by atoms with Crippen LogP contribution in [0, 0.1) is 0 Å². The van der Waals surface area contributed by atoms with Gasteiger partial charge < -0.3 is 9.64 Å². The van der Waals surface area contributed by atoms with Gasteiger partial charge in [-0.3, -0.25) is 14.2 Å². The molecule has 0 radical (unpaired) electrons. The molecule has 1 aliphatic heterocycles. The standard InChI is InChI=1S/C27H26ClN3O5S/c1-3-4-25(32)36-35-20-11-12-30(15-20)22-10-9-19(13-23(22)34-2)31-16-29-21-14-24(37-26(21)27(31)33)17-5-7-18(28)8-6-17/h5-10,13-14,16,20H,3-4,11-12,15H2,1-2H3. The summed E-state index contributed by atoms with van der Waals surface area (Å²) in [6.07, 6.45) is 3.10. The second kappa shape index (κ2) is 10.9. The molecule has 1 atom stereocenters. The zero-order chi connectivity index (χ0) is 25.9. The molecule has 0 bridgehead atoms. The highest BCUT2D eigenvalue weighted by Crippen LogP contribution is 2.34. The Kier molecular flexibility index (Phi) is 7.45. The Hall–Kier alpha value is -3.40. The summed E-state index contributed by atoms with van der Waals surface area (Å²) in [5.41, 5.74) is 3.02. The molecule has 37 heavy (non-hydrogen) atoms. The molecule has 1 fully saturated rings. The lowest BCUT2D eigenvalue weighted by molar-refractivity contribution is -0.293. The van der Waals surface area contributed by atoms with Crippen LogP contribution in [0.3, 0.4) is 0 Å². The van der Waals surface area contributed by atoms with Crippen LogP contribution in [0.15, 0.2) is 59.7 Å². The summed E-state index contributed by atoms with van der Waals surface area (Å²) in [7, 11) is 1.60. The van der Waals surface area contributed by atoms with Crippen molar-refractivity contribution in [1.82, 2.24) is 9.55 Å². The highest BCUT2D eigenvalue weighted by Gasteiger charge is 2.27. The maximum absolute atomic E-state index is 13.4. The molecule has 2 aromatic heterocycles. The molecule has 0 amide bonds. The van der Waals surface area contributed by atoms with Crippen molar-refractivity contribution >= 4 is 44.8 Å². The van der Waals surface area contributed by atoms with E-state index in [1.165, 1.54) is 15.9 Å². The molecule has 192 valence electrons. The first-order chi connectivity index (χ1) is 18.0. The second-order valence-electron chi connectivity index (χ2n) is 8.77. The molecule has 1 saturated heterocycles. The zero-order valence-electron chi connectivity index (χ0n) is 20.5. The van der Waals surface area contributed by atoms with E-state index in [1.807, 2.05) is 55.5 Å². The third-order valence-corrected chi connectivity index (χ3v) is 7.64. The molecule has 1 aliphatic rings. The van der Waals surface area contributed by atoms with Crippen LogP contribution in [-0.2, 0) is 14.6 Å². The van der Waals surface area contributed by atoms with Crippen LogP contribution in [0.4, 0.5) is 5.69 Å². The maximum atomic E-state index is 13.4. The normalized spacial score (nSPS) is 15.3. The van der Waals surface area contributed by atoms with Gasteiger partial charge in [0, 0.05) is 35.5 Å². The minimum absolute atomic E-state index is 0.145. The van der Waals surface area contributed by atoms with Crippen LogP contribution in [0.2, 0.25) is 5.02 Å². The molecular weight excluding hydrogens is 514 g/mol. The Labute approximate surface area is 222 Å². The van der Waals surface area contributed by atoms with E-state index in [0.717, 1.165) is 29.1 Å². The van der Waals surface area contributed by atoms with E-state index >= 15 is 0 Å². The fraction of sp³-hybridized carbons (Fsp3) is 0.296. The summed E-state index contributed by atoms with van der Waals surface area (Å²) in [4.78, 5) is 42.8. The van der Waals surface area contributed by atoms with Crippen molar-refractivity contribution in [3.63, 3.8) is 0 Å². The first-order valence-electron chi connectivity index (χ1n) is 12.0. The summed E-state index contributed by atoms with van der Waals surface area (Å²) in [6.45, 7) is 3.20. The number of methoxy groups -OCH3 is 1. The molecule has 0 saturated carbocycles. The minimum atomic E-state index is -0.357. The van der Waals surface area contributed by atoms with E-state index in [0.29, 0.717) is 46.1 Å². The summed E-state index contributed by atoms with van der Waals surface area (Å²) < 4.78 is 7.78. The Morgan fingerprint density at radius 2 is 2.00 bits per heavy atom. The number of benzene rings is 2. The number of anilines is 1. The maximum Gasteiger partial charge on any atom is 0.342 e. The van der Waals surface area contributed by atoms with Gasteiger partial charge in [-0.05, 0) is 48.7 Å². The number of ether oxygens (including phenoxy) is 1. The lowest BCUT2D eigenvalue weighted by Crippen LogP contribution is -2.24. The molecule has 4 aromatic rings. The van der Waals surface area contributed by atoms with Crippen molar-refractivity contribution in [3.05, 3.63) is 70.2 Å². The number of halogens is 1. The molecule has 3 heterocycles. The monoisotopic (exact) mass is 539 g/mol. The molecule has 0 N–H and O–H groups in total. The van der Waals surface area contributed by atoms with E-state index in [-0.39, 0.29) is 17.6 Å². The molecule has 2 aromatic carbocycles. The van der Waals surface area contributed by atoms with Crippen LogP contribution in [-0.4, -0.2) is 41.8 Å². The van der Waals surface area contributed by atoms with Gasteiger partial charge in [-0.1, -0.05) is 30.7 Å². The van der Waals surface area contributed by atoms with Gasteiger partial charge in [0.05, 0.1) is 24.0 Å². The van der Waals surface area contributed by atoms with Crippen LogP contribution in [0.25, 0.3) is 26.3 Å². The number of aromatic nitrogens is 2. The van der Waals surface area contributed by atoms with Crippen molar-refractivity contribution in [3.8, 4) is 21.9 Å². The van der Waals surface area contributed by atoms with Gasteiger partial charge in [0.1, 0.15) is 22.9 Å². The predicted molar refractivity (Wildman–Crippen MR) is 145 cm³/mol. The van der Waals surface area contributed by atoms with Gasteiger partial charge in [0.2, 0.25) is 0 Å². The van der Waals surface area contributed by atoms with Crippen molar-refractivity contribution in [2.24, 2.45) is 0 Å². The summed E-state index contributed by atoms with van der Waals surface area (Å²) in [5, 5.41) is 0.662. The Balaban J connectivity index is 1.38. The SMILES string of the molecule is CCCC(=O)OOC1CCN(c2ccc(-n3cnc4cc(-c5ccc(Cl)cc5)sc4c3=O)cc2OC)C1. The van der Waals surface area contributed by atoms with E-state index in [2.05, 4.69) is 9.88 Å². The second-order valence-corrected chi connectivity index (χ2v) is 10.3. The van der Waals surface area contributed by atoms with Crippen LogP contribution in [0.5, 0.6) is 5.75 Å². The number of rotatable bonds is 8. The molecule has 0 spiro atoms. The third kappa shape index (κ3) is 5.34. The van der Waals surface area contributed by atoms with Gasteiger partial charge in [-0.15, -0.1) is 11.3 Å². The number of hydrogen-bond donors (Lipinski definition) is 0. The number of carbonyl (C=O) groups excluding carboxylic acids is 1. The van der Waals surface area contributed by atoms with Crippen molar-refractivity contribution in [2.45, 2.75) is 32.3 Å². The molecule has 1 unspecified atom stereocenters. The smallest absolute Gasteiger partial charge is 0.342 e. The highest BCUT2D eigenvalue weighted by molar-refractivity contribution is 7.22. The number of nitrogens with zero attached hydrogens (tertiary/aromatic N) is 3. The summed E-state index contributed by atoms with van der Waals surface area (Å²) >= 11 is 7.42. The summed E-state index contributed by atoms with van der Waals surface area (Å²) in [6, 6.07) is 15.1. The molecule has 8 nitrogen and oxygen atoms in total. The number of thiophene rings is 1. The van der Waals surface area contributed by atoms with Crippen molar-refractivity contribution in [1.29, 1.82) is 0 Å². The Bertz CT molecular complexity index is 1480. The van der Waals surface area contributed by atoms with E-state index < -0.39 is 0 Å². The average molecular weight is 540 g/mol. The highest BCUT2D eigenvalue weighted by atomic mass is 35.5. The third-order valence-electron chi connectivity index (χ3n) is 6.22. The van der Waals surface area contributed by atoms with E-state index in [1.54, 1.807) is 13.4 Å². The number of carbonyl (C=O) groups is 1. The first kappa shape index (κ1) is 25.3. The Morgan fingerprint density at radius 3 is 2.76 bits per heavy atom. The molecule has 5 rings (SSSR count). The van der Waals surface area contributed by atoms with Crippen LogP contribution in [0.1, 0.15) is 26.2 Å². The van der Waals surface area contributed by atoms with E-state index in [9.17, 15) is 9.59 Å².